The highest BCUT2D eigenvalue weighted by Gasteiger charge is 2.35. The molecule has 0 saturated carbocycles. The summed E-state index contributed by atoms with van der Waals surface area (Å²) in [5.74, 6) is -0.312. The second-order valence-electron chi connectivity index (χ2n) is 8.25. The Labute approximate surface area is 194 Å². The first-order chi connectivity index (χ1) is 14.0. The lowest BCUT2D eigenvalue weighted by atomic mass is 9.83. The van der Waals surface area contributed by atoms with Gasteiger partial charge in [0.25, 0.3) is 0 Å². The molecule has 0 bridgehead atoms. The minimum atomic E-state index is -0.548. The van der Waals surface area contributed by atoms with Crippen molar-refractivity contribution in [3.63, 3.8) is 0 Å². The van der Waals surface area contributed by atoms with Gasteiger partial charge in [0.1, 0.15) is 17.4 Å². The van der Waals surface area contributed by atoms with E-state index >= 15 is 0 Å². The second-order valence-corrected chi connectivity index (χ2v) is 8.25. The molecule has 0 aliphatic carbocycles. The molecule has 1 saturated heterocycles. The van der Waals surface area contributed by atoms with E-state index < -0.39 is 11.6 Å². The van der Waals surface area contributed by atoms with E-state index in [1.807, 2.05) is 19.1 Å². The smallest absolute Gasteiger partial charge is 0.130 e. The lowest BCUT2D eigenvalue weighted by Crippen LogP contribution is -2.42. The van der Waals surface area contributed by atoms with Crippen LogP contribution in [-0.4, -0.2) is 35.7 Å². The Morgan fingerprint density at radius 3 is 2.48 bits per heavy atom. The van der Waals surface area contributed by atoms with Gasteiger partial charge in [0, 0.05) is 36.7 Å². The van der Waals surface area contributed by atoms with E-state index in [0.29, 0.717) is 36.7 Å². The molecule has 31 heavy (non-hydrogen) atoms. The zero-order valence-electron chi connectivity index (χ0n) is 17.5. The normalized spacial score (nSPS) is 21.7. The summed E-state index contributed by atoms with van der Waals surface area (Å²) in [7, 11) is 0. The number of aryl methyl sites for hydroxylation is 1. The summed E-state index contributed by atoms with van der Waals surface area (Å²) in [6.07, 6.45) is 2.39. The number of hydrogen-bond donors (Lipinski definition) is 2. The number of nitrogens with zero attached hydrogens (tertiary/aromatic N) is 1. The molecule has 0 unspecified atom stereocenters. The monoisotopic (exact) mass is 474 g/mol. The van der Waals surface area contributed by atoms with Gasteiger partial charge in [0.05, 0.1) is 12.2 Å². The van der Waals surface area contributed by atoms with Gasteiger partial charge < -0.3 is 15.6 Å². The Kier molecular flexibility index (Phi) is 9.10. The molecule has 0 radical (unpaired) electrons. The summed E-state index contributed by atoms with van der Waals surface area (Å²) < 4.78 is 33.4. The van der Waals surface area contributed by atoms with E-state index in [1.54, 1.807) is 0 Å². The van der Waals surface area contributed by atoms with Crippen LogP contribution in [0, 0.1) is 24.5 Å². The summed E-state index contributed by atoms with van der Waals surface area (Å²) in [5, 5.41) is 10.6. The van der Waals surface area contributed by atoms with Gasteiger partial charge >= 0.3 is 0 Å². The van der Waals surface area contributed by atoms with Gasteiger partial charge in [-0.05, 0) is 56.0 Å². The fourth-order valence-electron chi connectivity index (χ4n) is 4.65. The van der Waals surface area contributed by atoms with Crippen molar-refractivity contribution in [2.24, 2.45) is 11.7 Å². The van der Waals surface area contributed by atoms with Crippen molar-refractivity contribution in [2.45, 2.75) is 44.9 Å². The van der Waals surface area contributed by atoms with Crippen molar-refractivity contribution < 1.29 is 18.6 Å². The molecule has 4 rings (SSSR count). The van der Waals surface area contributed by atoms with Crippen LogP contribution in [0.2, 0.25) is 0 Å². The lowest BCUT2D eigenvalue weighted by molar-refractivity contribution is -0.0651. The predicted octanol–water partition coefficient (Wildman–Crippen LogP) is 4.68. The first kappa shape index (κ1) is 25.8. The average Bonchev–Trinajstić information content (AvgIpc) is 2.72. The molecule has 2 aromatic rings. The van der Waals surface area contributed by atoms with Gasteiger partial charge in [0.2, 0.25) is 0 Å². The first-order valence-corrected chi connectivity index (χ1v) is 10.3. The van der Waals surface area contributed by atoms with Crippen molar-refractivity contribution in [1.82, 2.24) is 4.90 Å². The summed E-state index contributed by atoms with van der Waals surface area (Å²) in [4.78, 5) is 2.20. The minimum absolute atomic E-state index is 0. The maximum atomic E-state index is 13.9. The summed E-state index contributed by atoms with van der Waals surface area (Å²) in [5.41, 5.74) is 9.31. The van der Waals surface area contributed by atoms with E-state index in [1.165, 1.54) is 12.1 Å². The SMILES string of the molecule is Cc1ccc2c(c1O)C[C@@H](C1CCN(Cc3ccc(F)cc3F)CC1)O[C@H]2CN.Cl.Cl. The van der Waals surface area contributed by atoms with Gasteiger partial charge in [-0.2, -0.15) is 0 Å². The number of hydrogen-bond acceptors (Lipinski definition) is 4. The zero-order valence-corrected chi connectivity index (χ0v) is 19.2. The summed E-state index contributed by atoms with van der Waals surface area (Å²) >= 11 is 0. The molecule has 4 nitrogen and oxygen atoms in total. The number of fused-ring (bicyclic) bond motifs is 1. The van der Waals surface area contributed by atoms with Crippen LogP contribution in [0.15, 0.2) is 30.3 Å². The van der Waals surface area contributed by atoms with E-state index in [9.17, 15) is 13.9 Å². The highest BCUT2D eigenvalue weighted by atomic mass is 35.5. The molecule has 3 N–H and O–H groups in total. The maximum absolute atomic E-state index is 13.9. The van der Waals surface area contributed by atoms with E-state index in [-0.39, 0.29) is 37.0 Å². The lowest BCUT2D eigenvalue weighted by Gasteiger charge is -2.40. The molecule has 2 aromatic carbocycles. The van der Waals surface area contributed by atoms with Gasteiger partial charge in [0.15, 0.2) is 0 Å². The van der Waals surface area contributed by atoms with Crippen LogP contribution < -0.4 is 5.73 Å². The first-order valence-electron chi connectivity index (χ1n) is 10.3. The molecule has 0 amide bonds. The Balaban J connectivity index is 0.00000171. The Morgan fingerprint density at radius 1 is 1.13 bits per heavy atom. The average molecular weight is 475 g/mol. The highest BCUT2D eigenvalue weighted by Crippen LogP contribution is 2.40. The van der Waals surface area contributed by atoms with Crippen molar-refractivity contribution in [3.8, 4) is 5.75 Å². The third-order valence-corrected chi connectivity index (χ3v) is 6.39. The highest BCUT2D eigenvalue weighted by molar-refractivity contribution is 5.85. The Morgan fingerprint density at radius 2 is 1.84 bits per heavy atom. The molecule has 0 aromatic heterocycles. The zero-order chi connectivity index (χ0) is 20.5. The van der Waals surface area contributed by atoms with Gasteiger partial charge in [-0.15, -0.1) is 24.8 Å². The Bertz CT molecular complexity index is 892. The van der Waals surface area contributed by atoms with Gasteiger partial charge in [-0.25, -0.2) is 8.78 Å². The van der Waals surface area contributed by atoms with Crippen LogP contribution in [0.3, 0.4) is 0 Å². The van der Waals surface area contributed by atoms with Crippen molar-refractivity contribution in [1.29, 1.82) is 0 Å². The molecule has 2 atom stereocenters. The van der Waals surface area contributed by atoms with Crippen molar-refractivity contribution in [2.75, 3.05) is 19.6 Å². The van der Waals surface area contributed by atoms with E-state index in [2.05, 4.69) is 4.90 Å². The molecular weight excluding hydrogens is 445 g/mol. The number of nitrogens with two attached hydrogens (primary N) is 1. The molecule has 2 aliphatic heterocycles. The van der Waals surface area contributed by atoms with Gasteiger partial charge in [-0.1, -0.05) is 18.2 Å². The third-order valence-electron chi connectivity index (χ3n) is 6.39. The fourth-order valence-corrected chi connectivity index (χ4v) is 4.65. The fraction of sp³-hybridized carbons (Fsp3) is 0.478. The van der Waals surface area contributed by atoms with Crippen molar-refractivity contribution in [3.05, 3.63) is 64.2 Å². The number of benzene rings is 2. The number of phenolic OH excluding ortho intramolecular Hbond substituents is 1. The standard InChI is InChI=1S/C23H28F2N2O2.2ClH/c1-14-2-5-18-19(23(14)28)11-21(29-22(18)12-26)15-6-8-27(9-7-15)13-16-3-4-17(24)10-20(16)25;;/h2-5,10,15,21-22,28H,6-9,11-13,26H2,1H3;2*1H/t21-,22-;;/m0../s1. The van der Waals surface area contributed by atoms with Crippen molar-refractivity contribution >= 4 is 24.8 Å². The third kappa shape index (κ3) is 5.49. The van der Waals surface area contributed by atoms with Gasteiger partial charge in [-0.3, -0.25) is 4.90 Å². The number of ether oxygens (including phenoxy) is 1. The van der Waals surface area contributed by atoms with Crippen LogP contribution in [0.5, 0.6) is 5.75 Å². The molecule has 2 aliphatic rings. The summed E-state index contributed by atoms with van der Waals surface area (Å²) in [6.45, 7) is 4.44. The number of piperidine rings is 1. The minimum Gasteiger partial charge on any atom is -0.507 e. The number of rotatable bonds is 4. The molecule has 1 fully saturated rings. The quantitative estimate of drug-likeness (QED) is 0.675. The largest absolute Gasteiger partial charge is 0.507 e. The Hall–Kier alpha value is -1.44. The van der Waals surface area contributed by atoms with E-state index in [4.69, 9.17) is 10.5 Å². The number of phenols is 1. The number of likely N-dealkylation sites (tertiary alicyclic amines) is 1. The van der Waals surface area contributed by atoms with Crippen LogP contribution in [0.25, 0.3) is 0 Å². The van der Waals surface area contributed by atoms with E-state index in [0.717, 1.165) is 48.7 Å². The van der Waals surface area contributed by atoms with Crippen LogP contribution in [-0.2, 0) is 17.7 Å². The molecule has 0 spiro atoms. The summed E-state index contributed by atoms with van der Waals surface area (Å²) in [6, 6.07) is 7.69. The molecule has 172 valence electrons. The maximum Gasteiger partial charge on any atom is 0.130 e. The number of aromatic hydroxyl groups is 1. The molecule has 8 heteroatoms. The predicted molar refractivity (Wildman–Crippen MR) is 122 cm³/mol. The topological polar surface area (TPSA) is 58.7 Å². The van der Waals surface area contributed by atoms with Crippen LogP contribution >= 0.6 is 24.8 Å². The van der Waals surface area contributed by atoms with Crippen LogP contribution in [0.1, 0.15) is 41.2 Å². The molecule has 2 heterocycles. The number of halogens is 4. The second kappa shape index (κ2) is 10.9. The van der Waals surface area contributed by atoms with Crippen LogP contribution in [0.4, 0.5) is 8.78 Å². The molecular formula is C23H30Cl2F2N2O2.